The van der Waals surface area contributed by atoms with Crippen molar-refractivity contribution in [2.75, 3.05) is 11.1 Å². The average molecular weight is 294 g/mol. The molecule has 1 amide bonds. The van der Waals surface area contributed by atoms with Crippen molar-refractivity contribution < 1.29 is 9.90 Å². The number of hydrogen-bond acceptors (Lipinski definition) is 3. The fraction of sp³-hybridized carbons (Fsp3) is 0.0714. The van der Waals surface area contributed by atoms with E-state index >= 15 is 0 Å². The summed E-state index contributed by atoms with van der Waals surface area (Å²) < 4.78 is 0. The van der Waals surface area contributed by atoms with E-state index in [-0.39, 0.29) is 11.7 Å². The molecule has 2 aromatic carbocycles. The second-order valence-corrected chi connectivity index (χ2v) is 5.33. The first-order chi connectivity index (χ1) is 9.13. The molecule has 0 aliphatic carbocycles. The number of halogens is 1. The van der Waals surface area contributed by atoms with Gasteiger partial charge in [0.05, 0.1) is 5.75 Å². The maximum Gasteiger partial charge on any atom is 0.234 e. The summed E-state index contributed by atoms with van der Waals surface area (Å²) in [5, 5.41) is 12.5. The molecular formula is C14H12ClNO2S. The number of carbonyl (C=O) groups is 1. The van der Waals surface area contributed by atoms with E-state index in [9.17, 15) is 4.79 Å². The monoisotopic (exact) mass is 293 g/mol. The van der Waals surface area contributed by atoms with Gasteiger partial charge < -0.3 is 10.4 Å². The van der Waals surface area contributed by atoms with Crippen LogP contribution in [0.25, 0.3) is 0 Å². The maximum absolute atomic E-state index is 11.7. The Labute approximate surface area is 120 Å². The summed E-state index contributed by atoms with van der Waals surface area (Å²) in [5.41, 5.74) is 0.684. The number of carbonyl (C=O) groups excluding carboxylic acids is 1. The van der Waals surface area contributed by atoms with E-state index in [1.54, 1.807) is 48.5 Å². The normalized spacial score (nSPS) is 10.2. The molecule has 19 heavy (non-hydrogen) atoms. The van der Waals surface area contributed by atoms with Gasteiger partial charge >= 0.3 is 0 Å². The van der Waals surface area contributed by atoms with E-state index in [0.717, 1.165) is 4.90 Å². The van der Waals surface area contributed by atoms with Crippen molar-refractivity contribution >= 4 is 35.0 Å². The summed E-state index contributed by atoms with van der Waals surface area (Å²) >= 11 is 7.24. The van der Waals surface area contributed by atoms with Crippen LogP contribution in [0.3, 0.4) is 0 Å². The van der Waals surface area contributed by atoms with Gasteiger partial charge in [0, 0.05) is 15.6 Å². The molecule has 2 aromatic rings. The van der Waals surface area contributed by atoms with Crippen LogP contribution >= 0.6 is 23.4 Å². The van der Waals surface area contributed by atoms with Crippen molar-refractivity contribution in [1.82, 2.24) is 0 Å². The predicted molar refractivity (Wildman–Crippen MR) is 78.9 cm³/mol. The molecule has 0 radical (unpaired) electrons. The first-order valence-electron chi connectivity index (χ1n) is 5.61. The van der Waals surface area contributed by atoms with Crippen molar-refractivity contribution in [3.8, 4) is 5.75 Å². The third-order valence-corrected chi connectivity index (χ3v) is 3.56. The Morgan fingerprint density at radius 2 is 1.95 bits per heavy atom. The van der Waals surface area contributed by atoms with E-state index < -0.39 is 0 Å². The van der Waals surface area contributed by atoms with Crippen molar-refractivity contribution in [3.05, 3.63) is 53.6 Å². The molecule has 0 bridgehead atoms. The Kier molecular flexibility index (Phi) is 4.71. The molecule has 0 aliphatic rings. The second-order valence-electron chi connectivity index (χ2n) is 3.84. The molecule has 0 fully saturated rings. The third kappa shape index (κ3) is 4.50. The summed E-state index contributed by atoms with van der Waals surface area (Å²) in [6, 6.07) is 13.8. The van der Waals surface area contributed by atoms with Gasteiger partial charge in [-0.25, -0.2) is 0 Å². The molecule has 0 atom stereocenters. The first-order valence-corrected chi connectivity index (χ1v) is 6.97. The Hall–Kier alpha value is -1.65. The van der Waals surface area contributed by atoms with Gasteiger partial charge in [0.1, 0.15) is 5.75 Å². The lowest BCUT2D eigenvalue weighted by Gasteiger charge is -2.05. The van der Waals surface area contributed by atoms with Gasteiger partial charge in [0.15, 0.2) is 0 Å². The van der Waals surface area contributed by atoms with Crippen LogP contribution in [0.5, 0.6) is 5.75 Å². The lowest BCUT2D eigenvalue weighted by atomic mass is 10.3. The molecule has 3 nitrogen and oxygen atoms in total. The Morgan fingerprint density at radius 1 is 1.21 bits per heavy atom. The molecule has 2 rings (SSSR count). The predicted octanol–water partition coefficient (Wildman–Crippen LogP) is 3.78. The summed E-state index contributed by atoms with van der Waals surface area (Å²) in [7, 11) is 0. The molecule has 0 aliphatic heterocycles. The Morgan fingerprint density at radius 3 is 2.63 bits per heavy atom. The van der Waals surface area contributed by atoms with Gasteiger partial charge in [0.2, 0.25) is 5.91 Å². The van der Waals surface area contributed by atoms with Crippen molar-refractivity contribution in [2.45, 2.75) is 4.90 Å². The van der Waals surface area contributed by atoms with Crippen molar-refractivity contribution in [1.29, 1.82) is 0 Å². The van der Waals surface area contributed by atoms with Gasteiger partial charge in [-0.15, -0.1) is 11.8 Å². The average Bonchev–Trinajstić information content (AvgIpc) is 2.38. The number of nitrogens with one attached hydrogen (secondary N) is 1. The molecule has 2 N–H and O–H groups in total. The first kappa shape index (κ1) is 13.8. The summed E-state index contributed by atoms with van der Waals surface area (Å²) in [6.45, 7) is 0. The van der Waals surface area contributed by atoms with Crippen molar-refractivity contribution in [3.63, 3.8) is 0 Å². The minimum absolute atomic E-state index is 0.0969. The number of rotatable bonds is 4. The van der Waals surface area contributed by atoms with E-state index in [2.05, 4.69) is 5.32 Å². The van der Waals surface area contributed by atoms with E-state index in [1.807, 2.05) is 0 Å². The largest absolute Gasteiger partial charge is 0.508 e. The van der Waals surface area contributed by atoms with Gasteiger partial charge in [-0.05, 0) is 42.5 Å². The van der Waals surface area contributed by atoms with Crippen LogP contribution in [0.4, 0.5) is 5.69 Å². The highest BCUT2D eigenvalue weighted by Gasteiger charge is 2.04. The second kappa shape index (κ2) is 6.50. The van der Waals surface area contributed by atoms with Crippen molar-refractivity contribution in [2.24, 2.45) is 0 Å². The van der Waals surface area contributed by atoms with Crippen LogP contribution in [-0.4, -0.2) is 16.8 Å². The van der Waals surface area contributed by atoms with E-state index in [0.29, 0.717) is 16.5 Å². The molecular weight excluding hydrogens is 282 g/mol. The van der Waals surface area contributed by atoms with Gasteiger partial charge in [-0.2, -0.15) is 0 Å². The number of amides is 1. The van der Waals surface area contributed by atoms with Crippen LogP contribution in [0, 0.1) is 0 Å². The number of phenolic OH excluding ortho intramolecular Hbond substituents is 1. The zero-order valence-electron chi connectivity index (χ0n) is 9.97. The van der Waals surface area contributed by atoms with Gasteiger partial charge in [-0.1, -0.05) is 17.7 Å². The zero-order chi connectivity index (χ0) is 13.7. The van der Waals surface area contributed by atoms with Gasteiger partial charge in [-0.3, -0.25) is 4.79 Å². The molecule has 5 heteroatoms. The number of anilines is 1. The number of phenols is 1. The number of thioether (sulfide) groups is 1. The summed E-state index contributed by atoms with van der Waals surface area (Å²) in [5.74, 6) is 0.421. The van der Waals surface area contributed by atoms with Crippen LogP contribution in [0.1, 0.15) is 0 Å². The fourth-order valence-corrected chi connectivity index (χ4v) is 2.34. The highest BCUT2D eigenvalue weighted by atomic mass is 35.5. The van der Waals surface area contributed by atoms with E-state index in [1.165, 1.54) is 11.8 Å². The van der Waals surface area contributed by atoms with Crippen LogP contribution < -0.4 is 5.32 Å². The number of aromatic hydroxyl groups is 1. The highest BCUT2D eigenvalue weighted by molar-refractivity contribution is 8.00. The lowest BCUT2D eigenvalue weighted by Crippen LogP contribution is -2.13. The quantitative estimate of drug-likeness (QED) is 0.844. The minimum Gasteiger partial charge on any atom is -0.508 e. The smallest absolute Gasteiger partial charge is 0.234 e. The number of hydrogen-bond donors (Lipinski definition) is 2. The zero-order valence-corrected chi connectivity index (χ0v) is 11.5. The molecule has 0 unspecified atom stereocenters. The van der Waals surface area contributed by atoms with Crippen LogP contribution in [0.2, 0.25) is 5.02 Å². The summed E-state index contributed by atoms with van der Waals surface area (Å²) in [4.78, 5) is 12.7. The molecule has 0 heterocycles. The molecule has 0 saturated carbocycles. The van der Waals surface area contributed by atoms with Crippen LogP contribution in [-0.2, 0) is 4.79 Å². The Bertz CT molecular complexity index is 572. The van der Waals surface area contributed by atoms with E-state index in [4.69, 9.17) is 16.7 Å². The maximum atomic E-state index is 11.7. The molecule has 0 aromatic heterocycles. The fourth-order valence-electron chi connectivity index (χ4n) is 1.45. The third-order valence-electron chi connectivity index (χ3n) is 2.32. The topological polar surface area (TPSA) is 49.3 Å². The van der Waals surface area contributed by atoms with Crippen LogP contribution in [0.15, 0.2) is 53.4 Å². The minimum atomic E-state index is -0.0969. The molecule has 98 valence electrons. The van der Waals surface area contributed by atoms with Gasteiger partial charge in [0.25, 0.3) is 0 Å². The SMILES string of the molecule is O=C(CSc1ccc(O)cc1)Nc1cccc(Cl)c1. The molecule has 0 spiro atoms. The lowest BCUT2D eigenvalue weighted by molar-refractivity contribution is -0.113. The highest BCUT2D eigenvalue weighted by Crippen LogP contribution is 2.21. The standard InChI is InChI=1S/C14H12ClNO2S/c15-10-2-1-3-11(8-10)16-14(18)9-19-13-6-4-12(17)5-7-13/h1-8,17H,9H2,(H,16,18). The number of benzene rings is 2. The Balaban J connectivity index is 1.86. The summed E-state index contributed by atoms with van der Waals surface area (Å²) in [6.07, 6.45) is 0. The molecule has 0 saturated heterocycles.